The lowest BCUT2D eigenvalue weighted by Crippen LogP contribution is -2.41. The van der Waals surface area contributed by atoms with Crippen molar-refractivity contribution in [3.63, 3.8) is 0 Å². The Balaban J connectivity index is 3.37. The van der Waals surface area contributed by atoms with Crippen molar-refractivity contribution >= 4 is 0 Å². The van der Waals surface area contributed by atoms with Crippen molar-refractivity contribution in [3.05, 3.63) is 0 Å². The summed E-state index contributed by atoms with van der Waals surface area (Å²) in [6.45, 7) is 9.68. The minimum absolute atomic E-state index is 0.864. The van der Waals surface area contributed by atoms with E-state index in [0.717, 1.165) is 5.92 Å². The van der Waals surface area contributed by atoms with Crippen molar-refractivity contribution in [2.45, 2.75) is 85.0 Å². The summed E-state index contributed by atoms with van der Waals surface area (Å²) in [6, 6.07) is 0. The van der Waals surface area contributed by atoms with E-state index in [-0.39, 0.29) is 0 Å². The van der Waals surface area contributed by atoms with Crippen LogP contribution in [0.4, 0.5) is 0 Å². The minimum Gasteiger partial charge on any atom is -0.328 e. The van der Waals surface area contributed by atoms with Crippen LogP contribution in [0.5, 0.6) is 0 Å². The molecule has 0 amide bonds. The lowest BCUT2D eigenvalue weighted by atomic mass is 10.1. The standard InChI is InChI=1S/C18H40N/c1-6-7-8-9-10-11-12-13-16-19(4,5)17-14-15-18(2)3/h18H,6-17H2,1-5H3/q+1. The summed E-state index contributed by atoms with van der Waals surface area (Å²) in [5, 5.41) is 0. The van der Waals surface area contributed by atoms with Gasteiger partial charge >= 0.3 is 0 Å². The number of quaternary nitrogens is 1. The summed E-state index contributed by atoms with van der Waals surface area (Å²) in [5.74, 6) is 0.864. The fourth-order valence-electron chi connectivity index (χ4n) is 2.71. The summed E-state index contributed by atoms with van der Waals surface area (Å²) in [7, 11) is 4.81. The van der Waals surface area contributed by atoms with E-state index in [1.165, 1.54) is 81.8 Å². The fourth-order valence-corrected chi connectivity index (χ4v) is 2.71. The van der Waals surface area contributed by atoms with Crippen LogP contribution < -0.4 is 0 Å². The first-order chi connectivity index (χ1) is 8.98. The Morgan fingerprint density at radius 1 is 0.684 bits per heavy atom. The third-order valence-electron chi connectivity index (χ3n) is 4.16. The second-order valence-electron chi connectivity index (χ2n) is 7.39. The Morgan fingerprint density at radius 2 is 1.16 bits per heavy atom. The molecule has 0 aliphatic carbocycles. The van der Waals surface area contributed by atoms with Crippen molar-refractivity contribution in [3.8, 4) is 0 Å². The zero-order chi connectivity index (χ0) is 14.6. The highest BCUT2D eigenvalue weighted by Gasteiger charge is 2.13. The molecule has 0 aliphatic heterocycles. The second-order valence-corrected chi connectivity index (χ2v) is 7.39. The van der Waals surface area contributed by atoms with Gasteiger partial charge in [-0.2, -0.15) is 0 Å². The zero-order valence-corrected chi connectivity index (χ0v) is 14.5. The number of rotatable bonds is 13. The molecule has 0 spiro atoms. The molecule has 0 radical (unpaired) electrons. The molecule has 1 nitrogen and oxygen atoms in total. The summed E-state index contributed by atoms with van der Waals surface area (Å²) >= 11 is 0. The molecular formula is C18H40N+. The van der Waals surface area contributed by atoms with E-state index in [9.17, 15) is 0 Å². The molecule has 1 heteroatoms. The molecule has 0 rings (SSSR count). The minimum atomic E-state index is 0.864. The van der Waals surface area contributed by atoms with E-state index < -0.39 is 0 Å². The molecule has 0 heterocycles. The monoisotopic (exact) mass is 270 g/mol. The van der Waals surface area contributed by atoms with Crippen LogP contribution in [0.1, 0.15) is 85.0 Å². The van der Waals surface area contributed by atoms with Crippen LogP contribution in [0.25, 0.3) is 0 Å². The van der Waals surface area contributed by atoms with E-state index >= 15 is 0 Å². The number of nitrogens with zero attached hydrogens (tertiary/aromatic N) is 1. The van der Waals surface area contributed by atoms with Crippen LogP contribution in [0, 0.1) is 5.92 Å². The number of hydrogen-bond donors (Lipinski definition) is 0. The van der Waals surface area contributed by atoms with Gasteiger partial charge in [0.2, 0.25) is 0 Å². The predicted molar refractivity (Wildman–Crippen MR) is 88.5 cm³/mol. The van der Waals surface area contributed by atoms with E-state index in [4.69, 9.17) is 0 Å². The van der Waals surface area contributed by atoms with Gasteiger partial charge in [-0.1, -0.05) is 59.3 Å². The quantitative estimate of drug-likeness (QED) is 0.300. The zero-order valence-electron chi connectivity index (χ0n) is 14.5. The molecule has 0 aromatic heterocycles. The van der Waals surface area contributed by atoms with Gasteiger partial charge < -0.3 is 4.48 Å². The fraction of sp³-hybridized carbons (Fsp3) is 1.00. The van der Waals surface area contributed by atoms with Crippen LogP contribution in [0.3, 0.4) is 0 Å². The maximum Gasteiger partial charge on any atom is 0.0782 e. The maximum absolute atomic E-state index is 2.40. The summed E-state index contributed by atoms with van der Waals surface area (Å²) < 4.78 is 1.22. The first-order valence-electron chi connectivity index (χ1n) is 8.80. The Hall–Kier alpha value is -0.0400. The molecule has 116 valence electrons. The van der Waals surface area contributed by atoms with Crippen LogP contribution in [-0.2, 0) is 0 Å². The van der Waals surface area contributed by atoms with Gasteiger partial charge in [0, 0.05) is 0 Å². The lowest BCUT2D eigenvalue weighted by molar-refractivity contribution is -0.890. The van der Waals surface area contributed by atoms with Gasteiger partial charge in [0.25, 0.3) is 0 Å². The predicted octanol–water partition coefficient (Wildman–Crippen LogP) is 5.64. The Morgan fingerprint density at radius 3 is 1.68 bits per heavy atom. The molecule has 0 N–H and O–H groups in total. The van der Waals surface area contributed by atoms with E-state index in [2.05, 4.69) is 34.9 Å². The topological polar surface area (TPSA) is 0 Å². The maximum atomic E-state index is 2.40. The van der Waals surface area contributed by atoms with E-state index in [0.29, 0.717) is 0 Å². The highest BCUT2D eigenvalue weighted by atomic mass is 15.3. The second kappa shape index (κ2) is 11.8. The molecule has 0 fully saturated rings. The average Bonchev–Trinajstić information content (AvgIpc) is 2.31. The van der Waals surface area contributed by atoms with Crippen LogP contribution in [0.15, 0.2) is 0 Å². The molecule has 0 aromatic rings. The highest BCUT2D eigenvalue weighted by molar-refractivity contribution is 4.48. The summed E-state index contributed by atoms with van der Waals surface area (Å²) in [6.07, 6.45) is 14.3. The van der Waals surface area contributed by atoms with Crippen molar-refractivity contribution in [2.24, 2.45) is 5.92 Å². The molecule has 0 saturated carbocycles. The third kappa shape index (κ3) is 14.2. The Labute approximate surface area is 123 Å². The molecular weight excluding hydrogens is 230 g/mol. The SMILES string of the molecule is CCCCCCCCCC[N+](C)(C)CCCC(C)C. The van der Waals surface area contributed by atoms with Crippen molar-refractivity contribution in [2.75, 3.05) is 27.2 Å². The van der Waals surface area contributed by atoms with Gasteiger partial charge in [-0.25, -0.2) is 0 Å². The van der Waals surface area contributed by atoms with Crippen LogP contribution in [0.2, 0.25) is 0 Å². The van der Waals surface area contributed by atoms with Crippen LogP contribution >= 0.6 is 0 Å². The summed E-state index contributed by atoms with van der Waals surface area (Å²) in [5.41, 5.74) is 0. The molecule has 0 unspecified atom stereocenters. The lowest BCUT2D eigenvalue weighted by Gasteiger charge is -2.30. The first kappa shape index (κ1) is 19.0. The largest absolute Gasteiger partial charge is 0.328 e. The van der Waals surface area contributed by atoms with Crippen LogP contribution in [-0.4, -0.2) is 31.7 Å². The van der Waals surface area contributed by atoms with Crippen molar-refractivity contribution < 1.29 is 4.48 Å². The van der Waals surface area contributed by atoms with Crippen molar-refractivity contribution in [1.82, 2.24) is 0 Å². The number of hydrogen-bond acceptors (Lipinski definition) is 0. The van der Waals surface area contributed by atoms with E-state index in [1.807, 2.05) is 0 Å². The third-order valence-corrected chi connectivity index (χ3v) is 4.16. The molecule has 19 heavy (non-hydrogen) atoms. The molecule has 0 aromatic carbocycles. The van der Waals surface area contributed by atoms with Crippen molar-refractivity contribution in [1.29, 1.82) is 0 Å². The molecule has 0 atom stereocenters. The van der Waals surface area contributed by atoms with Gasteiger partial charge in [-0.3, -0.25) is 0 Å². The summed E-state index contributed by atoms with van der Waals surface area (Å²) in [4.78, 5) is 0. The van der Waals surface area contributed by atoms with Gasteiger partial charge in [-0.05, 0) is 31.6 Å². The first-order valence-corrected chi connectivity index (χ1v) is 8.80. The average molecular weight is 271 g/mol. The molecule has 0 saturated heterocycles. The smallest absolute Gasteiger partial charge is 0.0782 e. The molecule has 0 bridgehead atoms. The Kier molecular flexibility index (Phi) is 11.7. The van der Waals surface area contributed by atoms with Gasteiger partial charge in [0.05, 0.1) is 27.2 Å². The normalized spacial score (nSPS) is 12.3. The highest BCUT2D eigenvalue weighted by Crippen LogP contribution is 2.12. The molecule has 0 aliphatic rings. The van der Waals surface area contributed by atoms with Gasteiger partial charge in [0.15, 0.2) is 0 Å². The van der Waals surface area contributed by atoms with E-state index in [1.54, 1.807) is 0 Å². The Bertz CT molecular complexity index is 184. The van der Waals surface area contributed by atoms with Gasteiger partial charge in [-0.15, -0.1) is 0 Å². The number of unbranched alkanes of at least 4 members (excludes halogenated alkanes) is 7. The van der Waals surface area contributed by atoms with Gasteiger partial charge in [0.1, 0.15) is 0 Å².